The van der Waals surface area contributed by atoms with Crippen LogP contribution in [-0.2, 0) is 31.5 Å². The van der Waals surface area contributed by atoms with Gasteiger partial charge in [-0.2, -0.15) is 31.1 Å². The van der Waals surface area contributed by atoms with Crippen LogP contribution < -0.4 is 0 Å². The Morgan fingerprint density at radius 1 is 0.732 bits per heavy atom. The van der Waals surface area contributed by atoms with Crippen molar-refractivity contribution >= 4 is 0 Å². The lowest BCUT2D eigenvalue weighted by Gasteiger charge is -2.42. The number of halogens is 6. The molecule has 0 amide bonds. The summed E-state index contributed by atoms with van der Waals surface area (Å²) in [4.78, 5) is 3.58. The van der Waals surface area contributed by atoms with Crippen LogP contribution in [-0.4, -0.2) is 43.3 Å². The number of nitrogens with zero attached hydrogens (tertiary/aromatic N) is 5. The number of aliphatic hydroxyl groups is 1. The smallest absolute Gasteiger partial charge is 0.380 e. The quantitative estimate of drug-likeness (QED) is 0.283. The summed E-state index contributed by atoms with van der Waals surface area (Å²) in [6.07, 6.45) is -8.14. The van der Waals surface area contributed by atoms with E-state index in [1.54, 1.807) is 7.05 Å². The van der Waals surface area contributed by atoms with Gasteiger partial charge >= 0.3 is 12.4 Å². The SMILES string of the molecule is Cn1nnc(-c2ccc(CN3CCC(C(O)(c4ccc(C(F)(F)F)cc4)c4ccc(C(F)(F)F)cc4)CC3)cc2)n1. The number of rotatable bonds is 6. The maximum atomic E-state index is 13.2. The van der Waals surface area contributed by atoms with Crippen LogP contribution in [0.4, 0.5) is 26.3 Å². The topological polar surface area (TPSA) is 67.1 Å². The molecule has 0 radical (unpaired) electrons. The number of alkyl halides is 6. The third-order valence-corrected chi connectivity index (χ3v) is 7.61. The van der Waals surface area contributed by atoms with Crippen molar-refractivity contribution in [2.75, 3.05) is 13.1 Å². The highest BCUT2D eigenvalue weighted by Crippen LogP contribution is 2.44. The number of aryl methyl sites for hydroxylation is 1. The Bertz CT molecular complexity index is 1400. The molecule has 1 fully saturated rings. The predicted octanol–water partition coefficient (Wildman–Crippen LogP) is 6.06. The number of hydrogen-bond acceptors (Lipinski definition) is 5. The Hall–Kier alpha value is -3.77. The molecule has 1 saturated heterocycles. The summed E-state index contributed by atoms with van der Waals surface area (Å²) < 4.78 is 79.2. The maximum Gasteiger partial charge on any atom is 0.416 e. The van der Waals surface area contributed by atoms with Gasteiger partial charge in [-0.15, -0.1) is 10.2 Å². The van der Waals surface area contributed by atoms with Crippen molar-refractivity contribution in [3.8, 4) is 11.4 Å². The zero-order valence-corrected chi connectivity index (χ0v) is 22.0. The molecule has 0 spiro atoms. The molecule has 2 heterocycles. The molecular weight excluding hydrogens is 548 g/mol. The molecule has 1 aromatic heterocycles. The first-order chi connectivity index (χ1) is 19.3. The lowest BCUT2D eigenvalue weighted by atomic mass is 9.71. The number of hydrogen-bond donors (Lipinski definition) is 1. The van der Waals surface area contributed by atoms with Gasteiger partial charge in [0.15, 0.2) is 0 Å². The molecule has 1 aliphatic rings. The van der Waals surface area contributed by atoms with Gasteiger partial charge in [-0.25, -0.2) is 0 Å². The van der Waals surface area contributed by atoms with E-state index in [4.69, 9.17) is 0 Å². The second kappa shape index (κ2) is 10.9. The molecule has 216 valence electrons. The predicted molar refractivity (Wildman–Crippen MR) is 138 cm³/mol. The van der Waals surface area contributed by atoms with E-state index in [2.05, 4.69) is 20.3 Å². The van der Waals surface area contributed by atoms with Gasteiger partial charge in [-0.3, -0.25) is 4.90 Å². The summed E-state index contributed by atoms with van der Waals surface area (Å²) in [5, 5.41) is 24.1. The third kappa shape index (κ3) is 6.13. The fourth-order valence-electron chi connectivity index (χ4n) is 5.39. The highest BCUT2D eigenvalue weighted by Gasteiger charge is 2.43. The van der Waals surface area contributed by atoms with E-state index >= 15 is 0 Å². The molecule has 0 saturated carbocycles. The van der Waals surface area contributed by atoms with Crippen LogP contribution in [0.2, 0.25) is 0 Å². The molecule has 1 aliphatic heterocycles. The molecule has 3 aromatic carbocycles. The molecular formula is C29H27F6N5O. The fraction of sp³-hybridized carbons (Fsp3) is 0.345. The monoisotopic (exact) mass is 575 g/mol. The molecule has 5 rings (SSSR count). The lowest BCUT2D eigenvalue weighted by molar-refractivity contribution is -0.138. The van der Waals surface area contributed by atoms with E-state index in [0.29, 0.717) is 38.3 Å². The third-order valence-electron chi connectivity index (χ3n) is 7.61. The van der Waals surface area contributed by atoms with Gasteiger partial charge in [-0.05, 0) is 78.0 Å². The normalized spacial score (nSPS) is 15.8. The van der Waals surface area contributed by atoms with E-state index < -0.39 is 35.0 Å². The minimum Gasteiger partial charge on any atom is -0.380 e. The number of benzene rings is 3. The van der Waals surface area contributed by atoms with E-state index in [0.717, 1.165) is 35.4 Å². The van der Waals surface area contributed by atoms with Gasteiger partial charge in [-0.1, -0.05) is 48.5 Å². The minimum absolute atomic E-state index is 0.205. The van der Waals surface area contributed by atoms with Gasteiger partial charge in [0.25, 0.3) is 0 Å². The molecule has 4 aromatic rings. The van der Waals surface area contributed by atoms with Crippen molar-refractivity contribution in [1.82, 2.24) is 25.1 Å². The Morgan fingerprint density at radius 2 is 1.20 bits per heavy atom. The molecule has 12 heteroatoms. The summed E-state index contributed by atoms with van der Waals surface area (Å²) in [5.74, 6) is 0.0861. The first-order valence-electron chi connectivity index (χ1n) is 13.0. The highest BCUT2D eigenvalue weighted by molar-refractivity contribution is 5.54. The van der Waals surface area contributed by atoms with Crippen molar-refractivity contribution in [2.24, 2.45) is 13.0 Å². The van der Waals surface area contributed by atoms with Crippen LogP contribution >= 0.6 is 0 Å². The first kappa shape index (κ1) is 28.7. The number of likely N-dealkylation sites (tertiary alicyclic amines) is 1. The lowest BCUT2D eigenvalue weighted by Crippen LogP contribution is -2.44. The van der Waals surface area contributed by atoms with Crippen LogP contribution in [0.5, 0.6) is 0 Å². The largest absolute Gasteiger partial charge is 0.416 e. The van der Waals surface area contributed by atoms with Crippen LogP contribution in [0.1, 0.15) is 40.7 Å². The Morgan fingerprint density at radius 3 is 1.61 bits per heavy atom. The Kier molecular flexibility index (Phi) is 7.64. The van der Waals surface area contributed by atoms with E-state index in [1.807, 2.05) is 24.3 Å². The van der Waals surface area contributed by atoms with Crippen LogP contribution in [0, 0.1) is 5.92 Å². The van der Waals surface area contributed by atoms with Gasteiger partial charge in [0.2, 0.25) is 5.82 Å². The second-order valence-electron chi connectivity index (χ2n) is 10.3. The van der Waals surface area contributed by atoms with E-state index in [1.165, 1.54) is 29.1 Å². The number of piperidine rings is 1. The van der Waals surface area contributed by atoms with Crippen molar-refractivity contribution in [3.05, 3.63) is 101 Å². The molecule has 41 heavy (non-hydrogen) atoms. The van der Waals surface area contributed by atoms with Crippen molar-refractivity contribution in [1.29, 1.82) is 0 Å². The summed E-state index contributed by atoms with van der Waals surface area (Å²) in [6.45, 7) is 1.81. The zero-order chi connectivity index (χ0) is 29.4. The van der Waals surface area contributed by atoms with Crippen molar-refractivity contribution < 1.29 is 31.4 Å². The average molecular weight is 576 g/mol. The zero-order valence-electron chi connectivity index (χ0n) is 22.0. The Balaban J connectivity index is 1.35. The van der Waals surface area contributed by atoms with Gasteiger partial charge in [0, 0.05) is 12.1 Å². The van der Waals surface area contributed by atoms with Gasteiger partial charge < -0.3 is 5.11 Å². The fourth-order valence-corrected chi connectivity index (χ4v) is 5.39. The summed E-state index contributed by atoms with van der Waals surface area (Å²) in [6, 6.07) is 16.2. The Labute approximate surface area is 232 Å². The van der Waals surface area contributed by atoms with Crippen LogP contribution in [0.15, 0.2) is 72.8 Å². The molecule has 0 aliphatic carbocycles. The van der Waals surface area contributed by atoms with Crippen molar-refractivity contribution in [3.63, 3.8) is 0 Å². The minimum atomic E-state index is -4.56. The summed E-state index contributed by atoms with van der Waals surface area (Å²) in [5.41, 5.74) is -1.21. The van der Waals surface area contributed by atoms with Gasteiger partial charge in [0.05, 0.1) is 18.2 Å². The number of aromatic nitrogens is 4. The van der Waals surface area contributed by atoms with E-state index in [9.17, 15) is 31.4 Å². The number of tetrazole rings is 1. The molecule has 6 nitrogen and oxygen atoms in total. The standard InChI is InChI=1S/C29H27F6N5O/c1-39-37-26(36-38-39)20-4-2-19(3-5-20)18-40-16-14-23(15-17-40)27(41,21-6-10-24(11-7-21)28(30,31)32)22-8-12-25(13-9-22)29(33,34)35/h2-13,23,41H,14-18H2,1H3. The average Bonchev–Trinajstić information content (AvgIpc) is 3.39. The van der Waals surface area contributed by atoms with Crippen LogP contribution in [0.3, 0.4) is 0 Å². The van der Waals surface area contributed by atoms with E-state index in [-0.39, 0.29) is 11.1 Å². The maximum absolute atomic E-state index is 13.2. The first-order valence-corrected chi connectivity index (χ1v) is 13.0. The van der Waals surface area contributed by atoms with Crippen LogP contribution in [0.25, 0.3) is 11.4 Å². The molecule has 0 atom stereocenters. The van der Waals surface area contributed by atoms with Gasteiger partial charge in [0.1, 0.15) is 5.60 Å². The highest BCUT2D eigenvalue weighted by atomic mass is 19.4. The summed E-state index contributed by atoms with van der Waals surface area (Å²) >= 11 is 0. The molecule has 1 N–H and O–H groups in total. The molecule has 0 unspecified atom stereocenters. The second-order valence-corrected chi connectivity index (χ2v) is 10.3. The summed E-state index contributed by atoms with van der Waals surface area (Å²) in [7, 11) is 1.69. The van der Waals surface area contributed by atoms with Crippen molar-refractivity contribution in [2.45, 2.75) is 37.3 Å². The molecule has 0 bridgehead atoms.